The van der Waals surface area contributed by atoms with Gasteiger partial charge in [0, 0.05) is 33.8 Å². The van der Waals surface area contributed by atoms with Crippen molar-refractivity contribution in [3.63, 3.8) is 0 Å². The number of anilines is 1. The molecular formula is C12H15Br2N3O. The SMILES string of the molecule is NC(=O)N1CCC(Nc2ccc(Br)cc2Br)CC1. The highest BCUT2D eigenvalue weighted by Gasteiger charge is 2.21. The Kier molecular flexibility index (Phi) is 4.50. The van der Waals surface area contributed by atoms with Gasteiger partial charge in [0.15, 0.2) is 0 Å². The molecule has 1 aromatic carbocycles. The largest absolute Gasteiger partial charge is 0.381 e. The molecule has 1 aliphatic rings. The summed E-state index contributed by atoms with van der Waals surface area (Å²) in [5.41, 5.74) is 6.34. The quantitative estimate of drug-likeness (QED) is 0.832. The van der Waals surface area contributed by atoms with Gasteiger partial charge >= 0.3 is 6.03 Å². The highest BCUT2D eigenvalue weighted by atomic mass is 79.9. The van der Waals surface area contributed by atoms with E-state index in [4.69, 9.17) is 5.73 Å². The first-order valence-corrected chi connectivity index (χ1v) is 7.41. The lowest BCUT2D eigenvalue weighted by molar-refractivity contribution is 0.193. The normalized spacial score (nSPS) is 16.7. The van der Waals surface area contributed by atoms with Crippen molar-refractivity contribution in [2.45, 2.75) is 18.9 Å². The number of nitrogens with zero attached hydrogens (tertiary/aromatic N) is 1. The predicted octanol–water partition coefficient (Wildman–Crippen LogP) is 3.17. The van der Waals surface area contributed by atoms with Gasteiger partial charge in [0.2, 0.25) is 0 Å². The summed E-state index contributed by atoms with van der Waals surface area (Å²) in [6.45, 7) is 1.45. The molecule has 0 aromatic heterocycles. The minimum atomic E-state index is -0.321. The van der Waals surface area contributed by atoms with E-state index in [0.29, 0.717) is 6.04 Å². The maximum atomic E-state index is 11.0. The minimum absolute atomic E-state index is 0.321. The number of amides is 2. The number of halogens is 2. The molecule has 0 bridgehead atoms. The lowest BCUT2D eigenvalue weighted by Gasteiger charge is -2.32. The zero-order valence-corrected chi connectivity index (χ0v) is 13.0. The second-order valence-electron chi connectivity index (χ2n) is 4.37. The molecular weight excluding hydrogens is 362 g/mol. The van der Waals surface area contributed by atoms with Gasteiger partial charge in [0.1, 0.15) is 0 Å². The molecule has 0 radical (unpaired) electrons. The fourth-order valence-corrected chi connectivity index (χ4v) is 3.23. The van der Waals surface area contributed by atoms with Gasteiger partial charge in [-0.25, -0.2) is 4.79 Å². The first kappa shape index (κ1) is 13.7. The van der Waals surface area contributed by atoms with Crippen molar-refractivity contribution >= 4 is 43.6 Å². The van der Waals surface area contributed by atoms with E-state index in [9.17, 15) is 4.79 Å². The van der Waals surface area contributed by atoms with Gasteiger partial charge in [0.05, 0.1) is 0 Å². The topological polar surface area (TPSA) is 58.4 Å². The Labute approximate surface area is 123 Å². The monoisotopic (exact) mass is 375 g/mol. The van der Waals surface area contributed by atoms with E-state index in [1.165, 1.54) is 0 Å². The third-order valence-corrected chi connectivity index (χ3v) is 4.25. The van der Waals surface area contributed by atoms with Crippen LogP contribution >= 0.6 is 31.9 Å². The summed E-state index contributed by atoms with van der Waals surface area (Å²) in [5.74, 6) is 0. The number of carbonyl (C=O) groups excluding carboxylic acids is 1. The van der Waals surface area contributed by atoms with Crippen LogP contribution in [0.1, 0.15) is 12.8 Å². The number of likely N-dealkylation sites (tertiary alicyclic amines) is 1. The molecule has 18 heavy (non-hydrogen) atoms. The molecule has 2 amide bonds. The van der Waals surface area contributed by atoms with Gasteiger partial charge in [-0.2, -0.15) is 0 Å². The lowest BCUT2D eigenvalue weighted by Crippen LogP contribution is -2.44. The summed E-state index contributed by atoms with van der Waals surface area (Å²) in [6, 6.07) is 6.12. The summed E-state index contributed by atoms with van der Waals surface area (Å²) in [5, 5.41) is 3.49. The Bertz CT molecular complexity index is 445. The number of benzene rings is 1. The number of piperidine rings is 1. The van der Waals surface area contributed by atoms with Crippen LogP contribution in [0.3, 0.4) is 0 Å². The Hall–Kier alpha value is -0.750. The predicted molar refractivity (Wildman–Crippen MR) is 79.6 cm³/mol. The second-order valence-corrected chi connectivity index (χ2v) is 6.14. The van der Waals surface area contributed by atoms with Crippen LogP contribution in [0.4, 0.5) is 10.5 Å². The molecule has 3 N–H and O–H groups in total. The van der Waals surface area contributed by atoms with Gasteiger partial charge in [-0.05, 0) is 47.0 Å². The highest BCUT2D eigenvalue weighted by Crippen LogP contribution is 2.28. The Morgan fingerprint density at radius 3 is 2.56 bits per heavy atom. The number of nitrogens with one attached hydrogen (secondary N) is 1. The fourth-order valence-electron chi connectivity index (χ4n) is 2.07. The molecule has 0 spiro atoms. The fraction of sp³-hybridized carbons (Fsp3) is 0.417. The van der Waals surface area contributed by atoms with E-state index in [1.807, 2.05) is 18.2 Å². The summed E-state index contributed by atoms with van der Waals surface area (Å²) in [4.78, 5) is 12.7. The average Bonchev–Trinajstić information content (AvgIpc) is 2.33. The average molecular weight is 377 g/mol. The van der Waals surface area contributed by atoms with E-state index in [1.54, 1.807) is 4.90 Å². The van der Waals surface area contributed by atoms with E-state index in [0.717, 1.165) is 40.6 Å². The lowest BCUT2D eigenvalue weighted by atomic mass is 10.1. The number of urea groups is 1. The van der Waals surface area contributed by atoms with E-state index >= 15 is 0 Å². The maximum absolute atomic E-state index is 11.0. The molecule has 1 aromatic rings. The van der Waals surface area contributed by atoms with Gasteiger partial charge in [-0.15, -0.1) is 0 Å². The molecule has 0 saturated carbocycles. The maximum Gasteiger partial charge on any atom is 0.314 e. The molecule has 1 fully saturated rings. The molecule has 1 heterocycles. The number of nitrogens with two attached hydrogens (primary N) is 1. The van der Waals surface area contributed by atoms with Gasteiger partial charge in [0.25, 0.3) is 0 Å². The van der Waals surface area contributed by atoms with Crippen molar-refractivity contribution in [2.24, 2.45) is 5.73 Å². The number of carbonyl (C=O) groups is 1. The van der Waals surface area contributed by atoms with Crippen LogP contribution in [0.25, 0.3) is 0 Å². The smallest absolute Gasteiger partial charge is 0.314 e. The van der Waals surface area contributed by atoms with Crippen molar-refractivity contribution < 1.29 is 4.79 Å². The summed E-state index contributed by atoms with van der Waals surface area (Å²) < 4.78 is 2.08. The molecule has 2 rings (SSSR count). The van der Waals surface area contributed by atoms with Gasteiger partial charge in [-0.3, -0.25) is 0 Å². The molecule has 4 nitrogen and oxygen atoms in total. The molecule has 98 valence electrons. The van der Waals surface area contributed by atoms with Crippen molar-refractivity contribution in [3.05, 3.63) is 27.1 Å². The summed E-state index contributed by atoms with van der Waals surface area (Å²) in [7, 11) is 0. The standard InChI is InChI=1S/C12H15Br2N3O/c13-8-1-2-11(10(14)7-8)16-9-3-5-17(6-4-9)12(15)18/h1-2,7,9,16H,3-6H2,(H2,15,18). The van der Waals surface area contributed by atoms with Crippen molar-refractivity contribution in [1.29, 1.82) is 0 Å². The Morgan fingerprint density at radius 2 is 2.00 bits per heavy atom. The van der Waals surface area contributed by atoms with Crippen LogP contribution in [-0.2, 0) is 0 Å². The number of hydrogen-bond donors (Lipinski definition) is 2. The first-order valence-electron chi connectivity index (χ1n) is 5.82. The molecule has 0 atom stereocenters. The zero-order chi connectivity index (χ0) is 13.1. The first-order chi connectivity index (χ1) is 8.56. The molecule has 0 aliphatic carbocycles. The summed E-state index contributed by atoms with van der Waals surface area (Å²) >= 11 is 6.96. The minimum Gasteiger partial charge on any atom is -0.381 e. The highest BCUT2D eigenvalue weighted by molar-refractivity contribution is 9.11. The Balaban J connectivity index is 1.93. The Morgan fingerprint density at radius 1 is 1.33 bits per heavy atom. The van der Waals surface area contributed by atoms with Crippen LogP contribution < -0.4 is 11.1 Å². The van der Waals surface area contributed by atoms with Crippen LogP contribution in [0.2, 0.25) is 0 Å². The van der Waals surface area contributed by atoms with Crippen molar-refractivity contribution in [3.8, 4) is 0 Å². The van der Waals surface area contributed by atoms with Crippen molar-refractivity contribution in [1.82, 2.24) is 4.90 Å². The van der Waals surface area contributed by atoms with Crippen LogP contribution in [0.5, 0.6) is 0 Å². The second kappa shape index (κ2) is 5.93. The zero-order valence-electron chi connectivity index (χ0n) is 9.83. The van der Waals surface area contributed by atoms with Gasteiger partial charge in [-0.1, -0.05) is 15.9 Å². The third-order valence-electron chi connectivity index (χ3n) is 3.10. The van der Waals surface area contributed by atoms with Gasteiger partial charge < -0.3 is 16.0 Å². The molecule has 1 aliphatic heterocycles. The van der Waals surface area contributed by atoms with E-state index in [2.05, 4.69) is 37.2 Å². The number of primary amides is 1. The number of hydrogen-bond acceptors (Lipinski definition) is 2. The summed E-state index contributed by atoms with van der Waals surface area (Å²) in [6.07, 6.45) is 1.84. The molecule has 1 saturated heterocycles. The third kappa shape index (κ3) is 3.38. The number of rotatable bonds is 2. The molecule has 6 heteroatoms. The van der Waals surface area contributed by atoms with Crippen molar-refractivity contribution in [2.75, 3.05) is 18.4 Å². The molecule has 0 unspecified atom stereocenters. The van der Waals surface area contributed by atoms with Crippen LogP contribution in [0, 0.1) is 0 Å². The van der Waals surface area contributed by atoms with Crippen LogP contribution in [-0.4, -0.2) is 30.1 Å². The van der Waals surface area contributed by atoms with E-state index < -0.39 is 0 Å². The van der Waals surface area contributed by atoms with Crippen LogP contribution in [0.15, 0.2) is 27.1 Å². The van der Waals surface area contributed by atoms with E-state index in [-0.39, 0.29) is 6.03 Å².